The highest BCUT2D eigenvalue weighted by molar-refractivity contribution is 6.30. The molecule has 1 heterocycles. The third-order valence-electron chi connectivity index (χ3n) is 3.18. The molecule has 1 amide bonds. The third-order valence-corrected chi connectivity index (χ3v) is 3.41. The molecule has 0 saturated carbocycles. The van der Waals surface area contributed by atoms with Crippen LogP contribution in [-0.4, -0.2) is 16.1 Å². The summed E-state index contributed by atoms with van der Waals surface area (Å²) in [5.74, 6) is 0.666. The molecule has 1 N–H and O–H groups in total. The Labute approximate surface area is 138 Å². The number of amides is 1. The fraction of sp³-hybridized carbons (Fsp3) is 0.118. The van der Waals surface area contributed by atoms with Crippen molar-refractivity contribution in [1.29, 1.82) is 0 Å². The van der Waals surface area contributed by atoms with Crippen LogP contribution in [0.2, 0.25) is 5.02 Å². The second kappa shape index (κ2) is 7.07. The Hall–Kier alpha value is -2.66. The Balaban J connectivity index is 1.56. The summed E-state index contributed by atoms with van der Waals surface area (Å²) in [5, 5.41) is 11.3. The minimum atomic E-state index is -0.133. The molecule has 23 heavy (non-hydrogen) atoms. The van der Waals surface area contributed by atoms with E-state index in [4.69, 9.17) is 16.0 Å². The van der Waals surface area contributed by atoms with Gasteiger partial charge in [0, 0.05) is 10.6 Å². The van der Waals surface area contributed by atoms with E-state index in [0.29, 0.717) is 16.8 Å². The largest absolute Gasteiger partial charge is 0.419 e. The van der Waals surface area contributed by atoms with Crippen LogP contribution < -0.4 is 5.32 Å². The molecule has 0 radical (unpaired) electrons. The van der Waals surface area contributed by atoms with E-state index in [2.05, 4.69) is 15.5 Å². The smallest absolute Gasteiger partial charge is 0.247 e. The topological polar surface area (TPSA) is 68.0 Å². The first-order valence-corrected chi connectivity index (χ1v) is 7.47. The van der Waals surface area contributed by atoms with E-state index >= 15 is 0 Å². The fourth-order valence-corrected chi connectivity index (χ4v) is 2.30. The van der Waals surface area contributed by atoms with Crippen LogP contribution in [0.3, 0.4) is 0 Å². The molecule has 0 aliphatic carbocycles. The van der Waals surface area contributed by atoms with Crippen molar-refractivity contribution in [1.82, 2.24) is 15.5 Å². The van der Waals surface area contributed by atoms with Crippen LogP contribution in [0, 0.1) is 0 Å². The number of hydrogen-bond acceptors (Lipinski definition) is 4. The van der Waals surface area contributed by atoms with E-state index in [1.54, 1.807) is 12.1 Å². The first-order chi connectivity index (χ1) is 11.2. The predicted molar refractivity (Wildman–Crippen MR) is 86.7 cm³/mol. The summed E-state index contributed by atoms with van der Waals surface area (Å²) in [4.78, 5) is 11.9. The van der Waals surface area contributed by atoms with E-state index in [1.165, 1.54) is 0 Å². The van der Waals surface area contributed by atoms with Crippen LogP contribution in [-0.2, 0) is 17.8 Å². The number of halogens is 1. The van der Waals surface area contributed by atoms with Crippen LogP contribution in [0.25, 0.3) is 11.5 Å². The highest BCUT2D eigenvalue weighted by Crippen LogP contribution is 2.16. The Kier molecular flexibility index (Phi) is 4.68. The van der Waals surface area contributed by atoms with Gasteiger partial charge in [0.1, 0.15) is 0 Å². The SMILES string of the molecule is O=C(Cc1cccc(Cl)c1)NCc1nnc(-c2ccccc2)o1. The van der Waals surface area contributed by atoms with Crippen molar-refractivity contribution in [2.75, 3.05) is 0 Å². The molecule has 1 aromatic heterocycles. The van der Waals surface area contributed by atoms with Crippen LogP contribution in [0.1, 0.15) is 11.5 Å². The average molecular weight is 328 g/mol. The molecule has 0 aliphatic heterocycles. The molecule has 0 atom stereocenters. The monoisotopic (exact) mass is 327 g/mol. The first kappa shape index (κ1) is 15.2. The molecule has 0 aliphatic rings. The molecule has 0 spiro atoms. The quantitative estimate of drug-likeness (QED) is 0.781. The summed E-state index contributed by atoms with van der Waals surface area (Å²) < 4.78 is 5.53. The van der Waals surface area contributed by atoms with Crippen molar-refractivity contribution in [2.24, 2.45) is 0 Å². The highest BCUT2D eigenvalue weighted by atomic mass is 35.5. The summed E-state index contributed by atoms with van der Waals surface area (Å²) in [6.45, 7) is 0.194. The molecular formula is C17H14ClN3O2. The zero-order valence-corrected chi connectivity index (χ0v) is 13.0. The highest BCUT2D eigenvalue weighted by Gasteiger charge is 2.10. The lowest BCUT2D eigenvalue weighted by Crippen LogP contribution is -2.24. The van der Waals surface area contributed by atoms with E-state index < -0.39 is 0 Å². The van der Waals surface area contributed by atoms with Gasteiger partial charge in [0.15, 0.2) is 0 Å². The minimum Gasteiger partial charge on any atom is -0.419 e. The zero-order chi connectivity index (χ0) is 16.1. The Morgan fingerprint density at radius 2 is 1.91 bits per heavy atom. The maximum Gasteiger partial charge on any atom is 0.247 e. The lowest BCUT2D eigenvalue weighted by atomic mass is 10.1. The van der Waals surface area contributed by atoms with Crippen molar-refractivity contribution in [2.45, 2.75) is 13.0 Å². The van der Waals surface area contributed by atoms with Crippen molar-refractivity contribution in [3.8, 4) is 11.5 Å². The molecule has 6 heteroatoms. The van der Waals surface area contributed by atoms with Gasteiger partial charge in [-0.1, -0.05) is 41.9 Å². The maximum absolute atomic E-state index is 11.9. The zero-order valence-electron chi connectivity index (χ0n) is 12.2. The van der Waals surface area contributed by atoms with Gasteiger partial charge in [-0.05, 0) is 29.8 Å². The van der Waals surface area contributed by atoms with Gasteiger partial charge in [0.2, 0.25) is 17.7 Å². The normalized spacial score (nSPS) is 10.5. The fourth-order valence-electron chi connectivity index (χ4n) is 2.09. The number of carbonyl (C=O) groups excluding carboxylic acids is 1. The third kappa shape index (κ3) is 4.17. The number of aromatic nitrogens is 2. The predicted octanol–water partition coefficient (Wildman–Crippen LogP) is 3.25. The van der Waals surface area contributed by atoms with Gasteiger partial charge in [0.25, 0.3) is 0 Å². The number of rotatable bonds is 5. The van der Waals surface area contributed by atoms with Crippen LogP contribution in [0.15, 0.2) is 59.0 Å². The maximum atomic E-state index is 11.9. The number of nitrogens with zero attached hydrogens (tertiary/aromatic N) is 2. The summed E-state index contributed by atoms with van der Waals surface area (Å²) in [7, 11) is 0. The molecule has 0 bridgehead atoms. The molecular weight excluding hydrogens is 314 g/mol. The first-order valence-electron chi connectivity index (χ1n) is 7.09. The molecule has 0 fully saturated rings. The van der Waals surface area contributed by atoms with E-state index in [9.17, 15) is 4.79 Å². The Morgan fingerprint density at radius 1 is 1.09 bits per heavy atom. The summed E-state index contributed by atoms with van der Waals surface area (Å²) in [6, 6.07) is 16.7. The second-order valence-electron chi connectivity index (χ2n) is 4.95. The molecule has 5 nitrogen and oxygen atoms in total. The van der Waals surface area contributed by atoms with Crippen molar-refractivity contribution < 1.29 is 9.21 Å². The molecule has 116 valence electrons. The van der Waals surface area contributed by atoms with Gasteiger partial charge in [-0.2, -0.15) is 0 Å². The van der Waals surface area contributed by atoms with Crippen LogP contribution >= 0.6 is 11.6 Å². The number of hydrogen-bond donors (Lipinski definition) is 1. The van der Waals surface area contributed by atoms with Gasteiger partial charge in [-0.3, -0.25) is 4.79 Å². The van der Waals surface area contributed by atoms with Gasteiger partial charge in [-0.15, -0.1) is 10.2 Å². The Morgan fingerprint density at radius 3 is 2.70 bits per heavy atom. The second-order valence-corrected chi connectivity index (χ2v) is 5.39. The van der Waals surface area contributed by atoms with Crippen molar-refractivity contribution in [3.63, 3.8) is 0 Å². The number of nitrogens with one attached hydrogen (secondary N) is 1. The van der Waals surface area contributed by atoms with Gasteiger partial charge < -0.3 is 9.73 Å². The average Bonchev–Trinajstić information content (AvgIpc) is 3.03. The molecule has 3 rings (SSSR count). The van der Waals surface area contributed by atoms with Gasteiger partial charge in [0.05, 0.1) is 13.0 Å². The minimum absolute atomic E-state index is 0.133. The van der Waals surface area contributed by atoms with Gasteiger partial charge in [-0.25, -0.2) is 0 Å². The standard InChI is InChI=1S/C17H14ClN3O2/c18-14-8-4-5-12(9-14)10-15(22)19-11-16-20-21-17(23-16)13-6-2-1-3-7-13/h1-9H,10-11H2,(H,19,22). The van der Waals surface area contributed by atoms with Gasteiger partial charge >= 0.3 is 0 Å². The lowest BCUT2D eigenvalue weighted by molar-refractivity contribution is -0.120. The van der Waals surface area contributed by atoms with Crippen molar-refractivity contribution >= 4 is 17.5 Å². The summed E-state index contributed by atoms with van der Waals surface area (Å²) >= 11 is 5.90. The van der Waals surface area contributed by atoms with Crippen molar-refractivity contribution in [3.05, 3.63) is 71.1 Å². The molecule has 0 saturated heterocycles. The van der Waals surface area contributed by atoms with E-state index in [1.807, 2.05) is 42.5 Å². The number of carbonyl (C=O) groups is 1. The molecule has 0 unspecified atom stereocenters. The lowest BCUT2D eigenvalue weighted by Gasteiger charge is -2.03. The van der Waals surface area contributed by atoms with Crippen LogP contribution in [0.5, 0.6) is 0 Å². The van der Waals surface area contributed by atoms with E-state index in [-0.39, 0.29) is 18.9 Å². The molecule has 2 aromatic carbocycles. The number of benzene rings is 2. The van der Waals surface area contributed by atoms with Crippen LogP contribution in [0.4, 0.5) is 0 Å². The summed E-state index contributed by atoms with van der Waals surface area (Å²) in [6.07, 6.45) is 0.250. The Bertz CT molecular complexity index is 802. The summed E-state index contributed by atoms with van der Waals surface area (Å²) in [5.41, 5.74) is 1.70. The van der Waals surface area contributed by atoms with E-state index in [0.717, 1.165) is 11.1 Å². The molecule has 3 aromatic rings.